The Morgan fingerprint density at radius 1 is 1.04 bits per heavy atom. The van der Waals surface area contributed by atoms with Gasteiger partial charge in [-0.1, -0.05) is 34.8 Å². The smallest absolute Gasteiger partial charge is 0.259 e. The van der Waals surface area contributed by atoms with E-state index < -0.39 is 11.7 Å². The van der Waals surface area contributed by atoms with Crippen LogP contribution >= 0.6 is 34.8 Å². The molecule has 0 bridgehead atoms. The maximum absolute atomic E-state index is 13.4. The van der Waals surface area contributed by atoms with Crippen molar-refractivity contribution >= 4 is 46.4 Å². The van der Waals surface area contributed by atoms with Crippen LogP contribution in [0.3, 0.4) is 0 Å². The van der Waals surface area contributed by atoms with E-state index >= 15 is 0 Å². The molecule has 0 saturated heterocycles. The molecule has 10 heteroatoms. The molecule has 0 aliphatic heterocycles. The molecule has 0 fully saturated rings. The van der Waals surface area contributed by atoms with Crippen molar-refractivity contribution in [3.05, 3.63) is 69.2 Å². The average Bonchev–Trinajstić information content (AvgIpc) is 2.65. The number of ether oxygens (including phenoxy) is 2. The van der Waals surface area contributed by atoms with Crippen molar-refractivity contribution in [1.82, 2.24) is 10.2 Å². The maximum atomic E-state index is 13.4. The lowest BCUT2D eigenvalue weighted by Gasteiger charge is -2.15. The van der Waals surface area contributed by atoms with Gasteiger partial charge in [0, 0.05) is 18.2 Å². The molecular formula is C18H11Cl3FN3O3. The second kappa shape index (κ2) is 8.60. The topological polar surface area (TPSA) is 73.3 Å². The number of methoxy groups -OCH3 is 1. The molecule has 2 aromatic carbocycles. The molecule has 144 valence electrons. The first-order chi connectivity index (χ1) is 13.4. The van der Waals surface area contributed by atoms with E-state index in [4.69, 9.17) is 44.3 Å². The molecule has 0 spiro atoms. The summed E-state index contributed by atoms with van der Waals surface area (Å²) < 4.78 is 24.3. The van der Waals surface area contributed by atoms with Gasteiger partial charge in [-0.25, -0.2) is 4.39 Å². The third kappa shape index (κ3) is 4.62. The number of hydrogen-bond donors (Lipinski definition) is 1. The predicted octanol–water partition coefficient (Wildman–Crippen LogP) is 5.63. The number of amides is 1. The van der Waals surface area contributed by atoms with Gasteiger partial charge in [0.15, 0.2) is 16.7 Å². The summed E-state index contributed by atoms with van der Waals surface area (Å²) in [5, 5.41) is 10.3. The zero-order chi connectivity index (χ0) is 20.3. The van der Waals surface area contributed by atoms with Crippen molar-refractivity contribution < 1.29 is 18.7 Å². The van der Waals surface area contributed by atoms with Crippen LogP contribution < -0.4 is 14.8 Å². The zero-order valence-corrected chi connectivity index (χ0v) is 16.4. The van der Waals surface area contributed by atoms with E-state index in [0.29, 0.717) is 5.69 Å². The highest BCUT2D eigenvalue weighted by molar-refractivity contribution is 6.42. The summed E-state index contributed by atoms with van der Waals surface area (Å²) in [4.78, 5) is 12.7. The summed E-state index contributed by atoms with van der Waals surface area (Å²) in [6.45, 7) is 0. The van der Waals surface area contributed by atoms with Crippen LogP contribution in [0.5, 0.6) is 17.2 Å². The van der Waals surface area contributed by atoms with E-state index in [-0.39, 0.29) is 38.0 Å². The Morgan fingerprint density at radius 3 is 2.50 bits per heavy atom. The molecule has 28 heavy (non-hydrogen) atoms. The minimum atomic E-state index is -0.557. The molecule has 1 heterocycles. The van der Waals surface area contributed by atoms with E-state index in [9.17, 15) is 9.18 Å². The monoisotopic (exact) mass is 441 g/mol. The zero-order valence-electron chi connectivity index (χ0n) is 14.2. The van der Waals surface area contributed by atoms with Gasteiger partial charge >= 0.3 is 0 Å². The first kappa shape index (κ1) is 20.1. The lowest BCUT2D eigenvalue weighted by Crippen LogP contribution is -2.13. The summed E-state index contributed by atoms with van der Waals surface area (Å²) in [6.07, 6.45) is 1.32. The largest absolute Gasteiger partial charge is 0.493 e. The summed E-state index contributed by atoms with van der Waals surface area (Å²) in [5.74, 6) is -0.644. The first-order valence-electron chi connectivity index (χ1n) is 7.67. The minimum absolute atomic E-state index is 0.0775. The molecule has 0 saturated carbocycles. The molecule has 0 aliphatic rings. The summed E-state index contributed by atoms with van der Waals surface area (Å²) in [5.41, 5.74) is 0.398. The Kier molecular flexibility index (Phi) is 6.18. The second-order valence-electron chi connectivity index (χ2n) is 5.38. The Hall–Kier alpha value is -2.61. The molecule has 6 nitrogen and oxygen atoms in total. The van der Waals surface area contributed by atoms with Crippen LogP contribution in [0.15, 0.2) is 42.6 Å². The quantitative estimate of drug-likeness (QED) is 0.554. The van der Waals surface area contributed by atoms with Crippen LogP contribution in [-0.4, -0.2) is 23.2 Å². The lowest BCUT2D eigenvalue weighted by molar-refractivity contribution is 0.102. The summed E-state index contributed by atoms with van der Waals surface area (Å²) >= 11 is 17.9. The number of anilines is 1. The average molecular weight is 443 g/mol. The number of rotatable bonds is 5. The molecule has 0 radical (unpaired) electrons. The van der Waals surface area contributed by atoms with Crippen LogP contribution in [0, 0.1) is 5.82 Å². The Morgan fingerprint density at radius 2 is 1.79 bits per heavy atom. The molecule has 1 amide bonds. The van der Waals surface area contributed by atoms with Crippen LogP contribution in [-0.2, 0) is 0 Å². The van der Waals surface area contributed by atoms with E-state index in [0.717, 1.165) is 6.07 Å². The normalized spacial score (nSPS) is 10.5. The number of nitrogens with one attached hydrogen (secondary N) is 1. The van der Waals surface area contributed by atoms with E-state index in [1.165, 1.54) is 43.6 Å². The van der Waals surface area contributed by atoms with Gasteiger partial charge < -0.3 is 14.8 Å². The first-order valence-corrected chi connectivity index (χ1v) is 8.81. The molecular weight excluding hydrogens is 432 g/mol. The molecule has 3 rings (SSSR count). The standard InChI is InChI=1S/C18H11Cl3FN3O3/c1-27-16-4-9(22)2-3-14(16)28-15-7-13(20)12(19)6-11(15)18(26)24-10-5-17(21)25-23-8-10/h2-8H,1H3,(H,24,25,26). The second-order valence-corrected chi connectivity index (χ2v) is 6.58. The number of aromatic nitrogens is 2. The summed E-state index contributed by atoms with van der Waals surface area (Å²) in [6, 6.07) is 7.86. The van der Waals surface area contributed by atoms with Crippen molar-refractivity contribution in [3.63, 3.8) is 0 Å². The van der Waals surface area contributed by atoms with Crippen molar-refractivity contribution in [2.24, 2.45) is 0 Å². The molecule has 0 atom stereocenters. The van der Waals surface area contributed by atoms with Crippen molar-refractivity contribution in [2.45, 2.75) is 0 Å². The highest BCUT2D eigenvalue weighted by atomic mass is 35.5. The third-order valence-corrected chi connectivity index (χ3v) is 4.40. The van der Waals surface area contributed by atoms with Crippen LogP contribution in [0.25, 0.3) is 0 Å². The van der Waals surface area contributed by atoms with Gasteiger partial charge in [-0.3, -0.25) is 4.79 Å². The fraction of sp³-hybridized carbons (Fsp3) is 0.0556. The Labute approximate surface area is 174 Å². The molecule has 1 aromatic heterocycles. The molecule has 3 aromatic rings. The van der Waals surface area contributed by atoms with Gasteiger partial charge in [0.25, 0.3) is 5.91 Å². The van der Waals surface area contributed by atoms with Gasteiger partial charge in [-0.2, -0.15) is 5.10 Å². The highest BCUT2D eigenvalue weighted by Crippen LogP contribution is 2.37. The fourth-order valence-electron chi connectivity index (χ4n) is 2.24. The van der Waals surface area contributed by atoms with Crippen molar-refractivity contribution in [3.8, 4) is 17.2 Å². The third-order valence-electron chi connectivity index (χ3n) is 3.50. The minimum Gasteiger partial charge on any atom is -0.493 e. The van der Waals surface area contributed by atoms with Gasteiger partial charge in [0.1, 0.15) is 11.6 Å². The Bertz CT molecular complexity index is 1050. The number of carbonyl (C=O) groups is 1. The predicted molar refractivity (Wildman–Crippen MR) is 104 cm³/mol. The van der Waals surface area contributed by atoms with Gasteiger partial charge in [0.05, 0.1) is 34.6 Å². The molecule has 0 aliphatic carbocycles. The number of hydrogen-bond acceptors (Lipinski definition) is 5. The number of carbonyl (C=O) groups excluding carboxylic acids is 1. The van der Waals surface area contributed by atoms with Crippen LogP contribution in [0.1, 0.15) is 10.4 Å². The fourth-order valence-corrected chi connectivity index (χ4v) is 2.72. The SMILES string of the molecule is COc1cc(F)ccc1Oc1cc(Cl)c(Cl)cc1C(=O)Nc1cnnc(Cl)c1. The van der Waals surface area contributed by atoms with Crippen molar-refractivity contribution in [1.29, 1.82) is 0 Å². The maximum Gasteiger partial charge on any atom is 0.259 e. The van der Waals surface area contributed by atoms with E-state index in [2.05, 4.69) is 15.5 Å². The van der Waals surface area contributed by atoms with Crippen molar-refractivity contribution in [2.75, 3.05) is 12.4 Å². The van der Waals surface area contributed by atoms with Gasteiger partial charge in [-0.15, -0.1) is 5.10 Å². The van der Waals surface area contributed by atoms with E-state index in [1.54, 1.807) is 0 Å². The number of nitrogens with zero attached hydrogens (tertiary/aromatic N) is 2. The highest BCUT2D eigenvalue weighted by Gasteiger charge is 2.19. The van der Waals surface area contributed by atoms with E-state index in [1.807, 2.05) is 0 Å². The van der Waals surface area contributed by atoms with Crippen LogP contribution in [0.2, 0.25) is 15.2 Å². The number of halogens is 4. The Balaban J connectivity index is 1.97. The van der Waals surface area contributed by atoms with Gasteiger partial charge in [-0.05, 0) is 18.2 Å². The molecule has 0 unspecified atom stereocenters. The van der Waals surface area contributed by atoms with Crippen LogP contribution in [0.4, 0.5) is 10.1 Å². The summed E-state index contributed by atoms with van der Waals surface area (Å²) in [7, 11) is 1.37. The lowest BCUT2D eigenvalue weighted by atomic mass is 10.1. The number of benzene rings is 2. The molecule has 1 N–H and O–H groups in total. The van der Waals surface area contributed by atoms with Gasteiger partial charge in [0.2, 0.25) is 0 Å².